The molecular weight excluding hydrogens is 347 g/mol. The summed E-state index contributed by atoms with van der Waals surface area (Å²) in [6.07, 6.45) is -1.45. The van der Waals surface area contributed by atoms with Crippen molar-refractivity contribution < 1.29 is 22.7 Å². The number of nitrogens with zero attached hydrogens (tertiary/aromatic N) is 1. The Labute approximate surface area is 148 Å². The summed E-state index contributed by atoms with van der Waals surface area (Å²) in [4.78, 5) is 16.3. The molecule has 2 N–H and O–H groups in total. The van der Waals surface area contributed by atoms with Gasteiger partial charge in [0.05, 0.1) is 17.4 Å². The molecule has 5 nitrogen and oxygen atoms in total. The van der Waals surface area contributed by atoms with Gasteiger partial charge in [-0.05, 0) is 49.2 Å². The van der Waals surface area contributed by atoms with Crippen molar-refractivity contribution in [2.24, 2.45) is 5.92 Å². The number of amides is 1. The van der Waals surface area contributed by atoms with Crippen molar-refractivity contribution in [3.05, 3.63) is 48.2 Å². The maximum Gasteiger partial charge on any atom is 0.416 e. The molecule has 8 heteroatoms. The van der Waals surface area contributed by atoms with Crippen molar-refractivity contribution in [3.63, 3.8) is 0 Å². The van der Waals surface area contributed by atoms with Crippen LogP contribution in [0.1, 0.15) is 18.4 Å². The minimum atomic E-state index is -4.36. The Kier molecular flexibility index (Phi) is 5.41. The highest BCUT2D eigenvalue weighted by atomic mass is 19.4. The van der Waals surface area contributed by atoms with Gasteiger partial charge in [0.15, 0.2) is 0 Å². The fraction of sp³-hybridized carbons (Fsp3) is 0.333. The predicted octanol–water partition coefficient (Wildman–Crippen LogP) is 4.21. The first-order valence-corrected chi connectivity index (χ1v) is 8.21. The molecular formula is C18H18F3N3O2. The molecule has 2 aromatic rings. The first-order chi connectivity index (χ1) is 12.4. The van der Waals surface area contributed by atoms with Gasteiger partial charge in [0.2, 0.25) is 5.91 Å². The molecule has 1 aromatic heterocycles. The van der Waals surface area contributed by atoms with Gasteiger partial charge in [-0.15, -0.1) is 0 Å². The largest absolute Gasteiger partial charge is 0.416 e. The molecule has 3 rings (SSSR count). The number of benzene rings is 1. The van der Waals surface area contributed by atoms with Gasteiger partial charge in [-0.2, -0.15) is 13.2 Å². The van der Waals surface area contributed by atoms with E-state index < -0.39 is 11.7 Å². The van der Waals surface area contributed by atoms with Crippen LogP contribution in [0.15, 0.2) is 42.6 Å². The van der Waals surface area contributed by atoms with Gasteiger partial charge in [-0.1, -0.05) is 0 Å². The fourth-order valence-electron chi connectivity index (χ4n) is 2.64. The molecule has 0 spiro atoms. The number of carbonyl (C=O) groups excluding carboxylic acids is 1. The van der Waals surface area contributed by atoms with E-state index in [1.807, 2.05) is 0 Å². The molecule has 1 aliphatic heterocycles. The minimum Gasteiger partial charge on any atom is -0.381 e. The summed E-state index contributed by atoms with van der Waals surface area (Å²) >= 11 is 0. The summed E-state index contributed by atoms with van der Waals surface area (Å²) in [6, 6.07) is 8.03. The lowest BCUT2D eigenvalue weighted by molar-refractivity contribution is -0.137. The lowest BCUT2D eigenvalue weighted by Crippen LogP contribution is -2.28. The van der Waals surface area contributed by atoms with Gasteiger partial charge in [-0.25, -0.2) is 4.98 Å². The zero-order chi connectivity index (χ0) is 18.6. The molecule has 1 saturated heterocycles. The highest BCUT2D eigenvalue weighted by Gasteiger charge is 2.29. The van der Waals surface area contributed by atoms with Crippen LogP contribution in [0.3, 0.4) is 0 Å². The van der Waals surface area contributed by atoms with E-state index in [9.17, 15) is 18.0 Å². The van der Waals surface area contributed by atoms with Crippen LogP contribution in [0.5, 0.6) is 0 Å². The number of pyridine rings is 1. The van der Waals surface area contributed by atoms with Gasteiger partial charge < -0.3 is 15.4 Å². The molecule has 1 aliphatic rings. The average Bonchev–Trinajstić information content (AvgIpc) is 2.64. The molecule has 0 aliphatic carbocycles. The topological polar surface area (TPSA) is 63.2 Å². The van der Waals surface area contributed by atoms with Crippen LogP contribution in [-0.4, -0.2) is 24.1 Å². The summed E-state index contributed by atoms with van der Waals surface area (Å²) in [5.74, 6) is 0.348. The zero-order valence-corrected chi connectivity index (χ0v) is 13.8. The van der Waals surface area contributed by atoms with E-state index in [1.54, 1.807) is 12.1 Å². The Morgan fingerprint density at radius 1 is 1.04 bits per heavy atom. The standard InChI is InChI=1S/C18H18F3N3O2/c19-18(20,21)13-1-3-14(4-2-13)23-16-6-5-15(11-22-16)24-17(25)12-7-9-26-10-8-12/h1-6,11-12H,7-10H2,(H,22,23)(H,24,25). The molecule has 26 heavy (non-hydrogen) atoms. The van der Waals surface area contributed by atoms with E-state index in [-0.39, 0.29) is 11.8 Å². The number of aromatic nitrogens is 1. The molecule has 2 heterocycles. The first-order valence-electron chi connectivity index (χ1n) is 8.21. The second-order valence-corrected chi connectivity index (χ2v) is 6.01. The maximum atomic E-state index is 12.6. The highest BCUT2D eigenvalue weighted by Crippen LogP contribution is 2.30. The summed E-state index contributed by atoms with van der Waals surface area (Å²) in [5.41, 5.74) is 0.353. The SMILES string of the molecule is O=C(Nc1ccc(Nc2ccc(C(F)(F)F)cc2)nc1)C1CCOCC1. The van der Waals surface area contributed by atoms with Crippen LogP contribution in [0.25, 0.3) is 0 Å². The maximum absolute atomic E-state index is 12.6. The quantitative estimate of drug-likeness (QED) is 0.852. The number of nitrogens with one attached hydrogen (secondary N) is 2. The first kappa shape index (κ1) is 18.2. The average molecular weight is 365 g/mol. The normalized spacial score (nSPS) is 15.5. The Balaban J connectivity index is 1.58. The molecule has 1 fully saturated rings. The van der Waals surface area contributed by atoms with Crippen LogP contribution in [-0.2, 0) is 15.7 Å². The number of carbonyl (C=O) groups is 1. The molecule has 0 bridgehead atoms. The lowest BCUT2D eigenvalue weighted by Gasteiger charge is -2.21. The Hall–Kier alpha value is -2.61. The molecule has 0 saturated carbocycles. The van der Waals surface area contributed by atoms with Crippen molar-refractivity contribution in [2.45, 2.75) is 19.0 Å². The van der Waals surface area contributed by atoms with Gasteiger partial charge in [0.1, 0.15) is 5.82 Å². The molecule has 1 amide bonds. The number of alkyl halides is 3. The zero-order valence-electron chi connectivity index (χ0n) is 13.8. The van der Waals surface area contributed by atoms with E-state index in [0.717, 1.165) is 12.1 Å². The summed E-state index contributed by atoms with van der Waals surface area (Å²) in [7, 11) is 0. The van der Waals surface area contributed by atoms with Gasteiger partial charge in [-0.3, -0.25) is 4.79 Å². The summed E-state index contributed by atoms with van der Waals surface area (Å²) in [5, 5.41) is 5.74. The van der Waals surface area contributed by atoms with E-state index in [1.165, 1.54) is 18.3 Å². The summed E-state index contributed by atoms with van der Waals surface area (Å²) < 4.78 is 42.9. The third-order valence-corrected chi connectivity index (χ3v) is 4.11. The van der Waals surface area contributed by atoms with Crippen molar-refractivity contribution in [1.29, 1.82) is 0 Å². The molecule has 0 radical (unpaired) electrons. The number of hydrogen-bond acceptors (Lipinski definition) is 4. The van der Waals surface area contributed by atoms with Gasteiger partial charge in [0.25, 0.3) is 0 Å². The number of anilines is 3. The lowest BCUT2D eigenvalue weighted by atomic mass is 9.99. The predicted molar refractivity (Wildman–Crippen MR) is 91.1 cm³/mol. The van der Waals surface area contributed by atoms with Crippen molar-refractivity contribution >= 4 is 23.1 Å². The van der Waals surface area contributed by atoms with Crippen LogP contribution in [0.2, 0.25) is 0 Å². The smallest absolute Gasteiger partial charge is 0.381 e. The van der Waals surface area contributed by atoms with Gasteiger partial charge in [0, 0.05) is 24.8 Å². The minimum absolute atomic E-state index is 0.0569. The fourth-order valence-corrected chi connectivity index (χ4v) is 2.64. The molecule has 0 unspecified atom stereocenters. The van der Waals surface area contributed by atoms with Crippen molar-refractivity contribution in [1.82, 2.24) is 4.98 Å². The number of ether oxygens (including phenoxy) is 1. The van der Waals surface area contributed by atoms with Gasteiger partial charge >= 0.3 is 6.18 Å². The molecule has 1 aromatic carbocycles. The molecule has 138 valence electrons. The Bertz CT molecular complexity index is 740. The number of halogens is 3. The van der Waals surface area contributed by atoms with E-state index in [4.69, 9.17) is 4.74 Å². The number of rotatable bonds is 4. The van der Waals surface area contributed by atoms with Crippen molar-refractivity contribution in [3.8, 4) is 0 Å². The Morgan fingerprint density at radius 3 is 2.27 bits per heavy atom. The van der Waals surface area contributed by atoms with Crippen LogP contribution < -0.4 is 10.6 Å². The third-order valence-electron chi connectivity index (χ3n) is 4.11. The number of hydrogen-bond donors (Lipinski definition) is 2. The van der Waals surface area contributed by atoms with Crippen LogP contribution >= 0.6 is 0 Å². The second-order valence-electron chi connectivity index (χ2n) is 6.01. The Morgan fingerprint density at radius 2 is 1.69 bits per heavy atom. The van der Waals surface area contributed by atoms with E-state index >= 15 is 0 Å². The summed E-state index contributed by atoms with van der Waals surface area (Å²) in [6.45, 7) is 1.18. The van der Waals surface area contributed by atoms with Crippen molar-refractivity contribution in [2.75, 3.05) is 23.8 Å². The highest BCUT2D eigenvalue weighted by molar-refractivity contribution is 5.92. The van der Waals surface area contributed by atoms with Crippen LogP contribution in [0.4, 0.5) is 30.4 Å². The van der Waals surface area contributed by atoms with E-state index in [0.29, 0.717) is 43.2 Å². The molecule has 0 atom stereocenters. The second kappa shape index (κ2) is 7.74. The van der Waals surface area contributed by atoms with Crippen LogP contribution in [0, 0.1) is 5.92 Å². The van der Waals surface area contributed by atoms with E-state index in [2.05, 4.69) is 15.6 Å². The third kappa shape index (κ3) is 4.72. The monoisotopic (exact) mass is 365 g/mol.